The molecule has 30 heavy (non-hydrogen) atoms. The number of hydrogen-bond acceptors (Lipinski definition) is 6. The first-order valence-corrected chi connectivity index (χ1v) is 11.1. The highest BCUT2D eigenvalue weighted by Crippen LogP contribution is 2.58. The Hall–Kier alpha value is -2.95. The third-order valence-electron chi connectivity index (χ3n) is 4.07. The minimum Gasteiger partial charge on any atom is -0.448 e. The van der Waals surface area contributed by atoms with Crippen LogP contribution in [0.4, 0.5) is 0 Å². The Balaban J connectivity index is 2.43. The summed E-state index contributed by atoms with van der Waals surface area (Å²) in [6.07, 6.45) is 6.30. The maximum absolute atomic E-state index is 13.8. The van der Waals surface area contributed by atoms with Gasteiger partial charge in [-0.15, -0.1) is 0 Å². The Morgan fingerprint density at radius 2 is 1.13 bits per heavy atom. The summed E-state index contributed by atoms with van der Waals surface area (Å²) in [5.41, 5.74) is 1.64. The normalized spacial score (nSPS) is 15.4. The molecule has 0 radical (unpaired) electrons. The zero-order chi connectivity index (χ0) is 22.0. The van der Waals surface area contributed by atoms with Gasteiger partial charge >= 0.3 is 11.9 Å². The highest BCUT2D eigenvalue weighted by molar-refractivity contribution is 7.60. The molecular formula is C23H25O6P. The van der Waals surface area contributed by atoms with E-state index in [0.717, 1.165) is 11.1 Å². The lowest BCUT2D eigenvalue weighted by atomic mass is 10.2. The molecule has 6 nitrogen and oxygen atoms in total. The third kappa shape index (κ3) is 6.83. The summed E-state index contributed by atoms with van der Waals surface area (Å²) in [4.78, 5) is 23.4. The maximum atomic E-state index is 13.8. The molecule has 0 saturated heterocycles. The second kappa shape index (κ2) is 11.3. The molecule has 0 spiro atoms. The Bertz CT molecular complexity index is 863. The molecule has 2 rings (SSSR count). The van der Waals surface area contributed by atoms with Crippen LogP contribution in [-0.4, -0.2) is 30.7 Å². The molecule has 3 atom stereocenters. The molecule has 0 fully saturated rings. The van der Waals surface area contributed by atoms with Crippen LogP contribution in [0.3, 0.4) is 0 Å². The topological polar surface area (TPSA) is 78.9 Å². The number of ether oxygens (including phenoxy) is 2. The fourth-order valence-corrected chi connectivity index (χ4v) is 4.62. The second-order valence-corrected chi connectivity index (χ2v) is 9.04. The summed E-state index contributed by atoms with van der Waals surface area (Å²) < 4.78 is 29.8. The van der Waals surface area contributed by atoms with Crippen molar-refractivity contribution in [3.05, 3.63) is 83.9 Å². The van der Waals surface area contributed by atoms with Gasteiger partial charge in [0.25, 0.3) is 7.37 Å². The van der Waals surface area contributed by atoms with E-state index < -0.39 is 31.0 Å². The predicted octanol–water partition coefficient (Wildman–Crippen LogP) is 5.12. The van der Waals surface area contributed by atoms with Gasteiger partial charge in [0, 0.05) is 21.0 Å². The maximum Gasteiger partial charge on any atom is 0.303 e. The SMILES string of the molecule is COP(=O)([C@H](/C=C/c1ccccc1)OC(C)=O)[C@@H](/C=C/c1ccccc1)OC(C)=O. The van der Waals surface area contributed by atoms with E-state index in [4.69, 9.17) is 14.0 Å². The summed E-state index contributed by atoms with van der Waals surface area (Å²) in [6.45, 7) is 2.42. The molecule has 2 aromatic rings. The van der Waals surface area contributed by atoms with Gasteiger partial charge in [-0.1, -0.05) is 72.8 Å². The Morgan fingerprint density at radius 3 is 1.43 bits per heavy atom. The van der Waals surface area contributed by atoms with E-state index in [1.807, 2.05) is 60.7 Å². The van der Waals surface area contributed by atoms with Gasteiger partial charge in [0.15, 0.2) is 11.7 Å². The van der Waals surface area contributed by atoms with Crippen LogP contribution in [0.2, 0.25) is 0 Å². The Kier molecular flexibility index (Phi) is 8.78. The van der Waals surface area contributed by atoms with Crippen LogP contribution >= 0.6 is 7.37 Å². The van der Waals surface area contributed by atoms with Crippen molar-refractivity contribution in [2.45, 2.75) is 25.5 Å². The van der Waals surface area contributed by atoms with E-state index in [2.05, 4.69) is 0 Å². The van der Waals surface area contributed by atoms with Crippen molar-refractivity contribution < 1.29 is 28.2 Å². The van der Waals surface area contributed by atoms with Gasteiger partial charge in [-0.25, -0.2) is 0 Å². The first kappa shape index (κ1) is 23.3. The molecule has 158 valence electrons. The molecule has 7 heteroatoms. The highest BCUT2D eigenvalue weighted by atomic mass is 31.2. The van der Waals surface area contributed by atoms with Crippen LogP contribution in [0.1, 0.15) is 25.0 Å². The smallest absolute Gasteiger partial charge is 0.303 e. The Morgan fingerprint density at radius 1 is 0.767 bits per heavy atom. The van der Waals surface area contributed by atoms with Crippen molar-refractivity contribution >= 4 is 31.5 Å². The number of carbonyl (C=O) groups excluding carboxylic acids is 2. The van der Waals surface area contributed by atoms with Gasteiger partial charge in [0.1, 0.15) is 0 Å². The quantitative estimate of drug-likeness (QED) is 0.408. The summed E-state index contributed by atoms with van der Waals surface area (Å²) in [5, 5.41) is 0. The van der Waals surface area contributed by atoms with E-state index in [-0.39, 0.29) is 0 Å². The highest BCUT2D eigenvalue weighted by Gasteiger charge is 2.43. The van der Waals surface area contributed by atoms with Crippen LogP contribution < -0.4 is 0 Å². The van der Waals surface area contributed by atoms with Crippen molar-refractivity contribution in [3.63, 3.8) is 0 Å². The molecule has 0 N–H and O–H groups in total. The van der Waals surface area contributed by atoms with Crippen molar-refractivity contribution in [2.24, 2.45) is 0 Å². The molecule has 2 aromatic carbocycles. The molecular weight excluding hydrogens is 403 g/mol. The summed E-state index contributed by atoms with van der Waals surface area (Å²) >= 11 is 0. The van der Waals surface area contributed by atoms with E-state index in [0.29, 0.717) is 0 Å². The number of rotatable bonds is 9. The van der Waals surface area contributed by atoms with Crippen molar-refractivity contribution in [3.8, 4) is 0 Å². The minimum atomic E-state index is -3.86. The third-order valence-corrected chi connectivity index (χ3v) is 6.62. The zero-order valence-corrected chi connectivity index (χ0v) is 18.0. The van der Waals surface area contributed by atoms with Crippen LogP contribution in [-0.2, 0) is 28.2 Å². The number of hydrogen-bond donors (Lipinski definition) is 0. The van der Waals surface area contributed by atoms with Crippen LogP contribution in [0, 0.1) is 0 Å². The molecule has 0 heterocycles. The largest absolute Gasteiger partial charge is 0.448 e. The minimum absolute atomic E-state index is 0.636. The van der Waals surface area contributed by atoms with Gasteiger partial charge in [-0.3, -0.25) is 14.2 Å². The average molecular weight is 428 g/mol. The fraction of sp³-hybridized carbons (Fsp3) is 0.217. The van der Waals surface area contributed by atoms with Crippen molar-refractivity contribution in [1.82, 2.24) is 0 Å². The first-order valence-electron chi connectivity index (χ1n) is 9.31. The summed E-state index contributed by atoms with van der Waals surface area (Å²) in [7, 11) is -2.63. The molecule has 1 unspecified atom stereocenters. The van der Waals surface area contributed by atoms with E-state index in [9.17, 15) is 14.2 Å². The predicted molar refractivity (Wildman–Crippen MR) is 117 cm³/mol. The first-order chi connectivity index (χ1) is 14.3. The van der Waals surface area contributed by atoms with Crippen LogP contribution in [0.15, 0.2) is 72.8 Å². The van der Waals surface area contributed by atoms with Crippen LogP contribution in [0.5, 0.6) is 0 Å². The second-order valence-electron chi connectivity index (χ2n) is 6.37. The molecule has 0 amide bonds. The standard InChI is InChI=1S/C23H25O6P/c1-18(24)28-22(16-14-20-10-6-4-7-11-20)30(26,27-3)23(29-19(2)25)17-15-21-12-8-5-9-13-21/h4-17,22-23H,1-3H3/b16-14+,17-15+/t22-,23+,30?. The Labute approximate surface area is 176 Å². The number of carbonyl (C=O) groups is 2. The van der Waals surface area contributed by atoms with Crippen molar-refractivity contribution in [1.29, 1.82) is 0 Å². The molecule has 0 aliphatic rings. The van der Waals surface area contributed by atoms with Crippen LogP contribution in [0.25, 0.3) is 12.2 Å². The van der Waals surface area contributed by atoms with Gasteiger partial charge in [0.05, 0.1) is 0 Å². The van der Waals surface area contributed by atoms with Gasteiger partial charge < -0.3 is 14.0 Å². The average Bonchev–Trinajstić information content (AvgIpc) is 2.74. The summed E-state index contributed by atoms with van der Waals surface area (Å²) in [6, 6.07) is 18.5. The van der Waals surface area contributed by atoms with E-state index in [1.165, 1.54) is 33.1 Å². The molecule has 0 saturated carbocycles. The monoisotopic (exact) mass is 428 g/mol. The zero-order valence-electron chi connectivity index (χ0n) is 17.1. The lowest BCUT2D eigenvalue weighted by molar-refractivity contribution is -0.142. The fourth-order valence-electron chi connectivity index (χ4n) is 2.67. The number of esters is 2. The molecule has 0 bridgehead atoms. The van der Waals surface area contributed by atoms with E-state index >= 15 is 0 Å². The molecule has 0 aliphatic carbocycles. The molecule has 0 aromatic heterocycles. The van der Waals surface area contributed by atoms with Gasteiger partial charge in [-0.05, 0) is 23.3 Å². The van der Waals surface area contributed by atoms with Gasteiger partial charge in [-0.2, -0.15) is 0 Å². The molecule has 0 aliphatic heterocycles. The lowest BCUT2D eigenvalue weighted by Gasteiger charge is -2.28. The van der Waals surface area contributed by atoms with E-state index in [1.54, 1.807) is 12.2 Å². The lowest BCUT2D eigenvalue weighted by Crippen LogP contribution is -2.25. The summed E-state index contributed by atoms with van der Waals surface area (Å²) in [5.74, 6) is -3.76. The van der Waals surface area contributed by atoms with Crippen molar-refractivity contribution in [2.75, 3.05) is 7.11 Å². The number of benzene rings is 2. The van der Waals surface area contributed by atoms with Gasteiger partial charge in [0.2, 0.25) is 0 Å².